The Bertz CT molecular complexity index is 1490. The molecule has 12 heteroatoms. The highest BCUT2D eigenvalue weighted by Crippen LogP contribution is 2.45. The van der Waals surface area contributed by atoms with Gasteiger partial charge >= 0.3 is 6.18 Å². The van der Waals surface area contributed by atoms with E-state index in [9.17, 15) is 26.5 Å². The van der Waals surface area contributed by atoms with Crippen LogP contribution < -0.4 is 20.7 Å². The van der Waals surface area contributed by atoms with Crippen LogP contribution in [0.5, 0.6) is 5.75 Å². The van der Waals surface area contributed by atoms with Gasteiger partial charge in [0.2, 0.25) is 6.86 Å². The number of benzene rings is 2. The third-order valence-corrected chi connectivity index (χ3v) is 12.0. The van der Waals surface area contributed by atoms with Crippen molar-refractivity contribution in [2.45, 2.75) is 45.1 Å². The standard InChI is InChI=1S/C30H35F5N3O2PS/c1-4-41(39,5-2)20-11-12-25(27(16-20)40-19-31)36-14-7-10-28-22(17-30(33,34)35)21-8-6-9-26(29(21)42-28)37-24-13-15-38(3)18-23(24)32/h6,8-9,11-12,16,23-24,36-37H,4-5,13-15,17-19H2,1-3H3/t23-,24-/m0/s1. The molecule has 1 aliphatic heterocycles. The largest absolute Gasteiger partial charge is 0.461 e. The molecule has 1 saturated heterocycles. The SMILES string of the molecule is CCP(=O)(CC)c1ccc(NCC#Cc2sc3c(N[C@H]4CCN(C)C[C@@H]4F)cccc3c2CC(F)(F)F)c(OCF)c1. The van der Waals surface area contributed by atoms with Gasteiger partial charge in [0, 0.05) is 30.7 Å². The summed E-state index contributed by atoms with van der Waals surface area (Å²) in [6, 6.07) is 9.55. The van der Waals surface area contributed by atoms with Crippen LogP contribution in [0.4, 0.5) is 33.3 Å². The van der Waals surface area contributed by atoms with Crippen LogP contribution in [0.2, 0.25) is 0 Å². The molecule has 0 aliphatic carbocycles. The first kappa shape index (κ1) is 32.1. The van der Waals surface area contributed by atoms with Crippen LogP contribution in [-0.4, -0.2) is 69.2 Å². The molecule has 228 valence electrons. The molecule has 0 bridgehead atoms. The summed E-state index contributed by atoms with van der Waals surface area (Å²) in [5.74, 6) is 5.95. The second-order valence-electron chi connectivity index (χ2n) is 10.3. The molecule has 2 heterocycles. The first-order chi connectivity index (χ1) is 20.0. The molecule has 2 aromatic carbocycles. The monoisotopic (exact) mass is 627 g/mol. The highest BCUT2D eigenvalue weighted by molar-refractivity contribution is 7.71. The maximum absolute atomic E-state index is 14.7. The van der Waals surface area contributed by atoms with Crippen LogP contribution in [-0.2, 0) is 11.0 Å². The van der Waals surface area contributed by atoms with E-state index in [4.69, 9.17) is 4.74 Å². The van der Waals surface area contributed by atoms with E-state index < -0.39 is 38.8 Å². The fraction of sp³-hybridized carbons (Fsp3) is 0.467. The summed E-state index contributed by atoms with van der Waals surface area (Å²) >= 11 is 1.15. The summed E-state index contributed by atoms with van der Waals surface area (Å²) in [5, 5.41) is 7.29. The zero-order chi connectivity index (χ0) is 30.5. The molecule has 2 N–H and O–H groups in total. The average Bonchev–Trinajstić information content (AvgIpc) is 3.29. The van der Waals surface area contributed by atoms with Crippen LogP contribution >= 0.6 is 18.5 Å². The molecule has 0 spiro atoms. The fourth-order valence-corrected chi connectivity index (χ4v) is 8.17. The third-order valence-electron chi connectivity index (χ3n) is 7.52. The molecule has 1 aromatic heterocycles. The molecule has 0 unspecified atom stereocenters. The molecule has 1 aliphatic rings. The van der Waals surface area contributed by atoms with E-state index in [1.54, 1.807) is 36.4 Å². The molecule has 0 amide bonds. The lowest BCUT2D eigenvalue weighted by molar-refractivity contribution is -0.126. The summed E-state index contributed by atoms with van der Waals surface area (Å²) in [4.78, 5) is 2.19. The predicted molar refractivity (Wildman–Crippen MR) is 163 cm³/mol. The Morgan fingerprint density at radius 2 is 1.93 bits per heavy atom. The molecule has 5 nitrogen and oxygen atoms in total. The molecular formula is C30H35F5N3O2PS. The second-order valence-corrected chi connectivity index (χ2v) is 14.9. The van der Waals surface area contributed by atoms with Crippen molar-refractivity contribution in [2.24, 2.45) is 0 Å². The number of hydrogen-bond donors (Lipinski definition) is 2. The zero-order valence-corrected chi connectivity index (χ0v) is 25.5. The minimum Gasteiger partial charge on any atom is -0.461 e. The van der Waals surface area contributed by atoms with Gasteiger partial charge in [-0.05, 0) is 48.7 Å². The number of thiophene rings is 1. The highest BCUT2D eigenvalue weighted by atomic mass is 32.1. The zero-order valence-electron chi connectivity index (χ0n) is 23.8. The van der Waals surface area contributed by atoms with E-state index in [-0.39, 0.29) is 22.7 Å². The van der Waals surface area contributed by atoms with Crippen molar-refractivity contribution in [1.29, 1.82) is 0 Å². The van der Waals surface area contributed by atoms with E-state index in [1.807, 2.05) is 25.8 Å². The van der Waals surface area contributed by atoms with Crippen molar-refractivity contribution in [1.82, 2.24) is 4.90 Å². The molecule has 0 radical (unpaired) electrons. The summed E-state index contributed by atoms with van der Waals surface area (Å²) in [6.07, 6.45) is -5.17. The van der Waals surface area contributed by atoms with Crippen molar-refractivity contribution in [2.75, 3.05) is 56.5 Å². The average molecular weight is 628 g/mol. The Labute approximate surface area is 247 Å². The number of ether oxygens (including phenoxy) is 1. The van der Waals surface area contributed by atoms with Gasteiger partial charge in [-0.2, -0.15) is 13.2 Å². The van der Waals surface area contributed by atoms with Crippen molar-refractivity contribution in [3.05, 3.63) is 46.8 Å². The van der Waals surface area contributed by atoms with E-state index in [1.165, 1.54) is 0 Å². The van der Waals surface area contributed by atoms with Crippen molar-refractivity contribution in [3.8, 4) is 17.6 Å². The third kappa shape index (κ3) is 7.58. The summed E-state index contributed by atoms with van der Waals surface area (Å²) in [6.45, 7) is 3.66. The van der Waals surface area contributed by atoms with Crippen molar-refractivity contribution in [3.63, 3.8) is 0 Å². The van der Waals surface area contributed by atoms with Gasteiger partial charge in [0.1, 0.15) is 19.1 Å². The summed E-state index contributed by atoms with van der Waals surface area (Å²) in [7, 11) is -0.758. The van der Waals surface area contributed by atoms with Crippen molar-refractivity contribution < 1.29 is 31.3 Å². The molecule has 4 rings (SSSR count). The lowest BCUT2D eigenvalue weighted by Gasteiger charge is -2.33. The summed E-state index contributed by atoms with van der Waals surface area (Å²) < 4.78 is 87.4. The van der Waals surface area contributed by atoms with E-state index in [0.717, 1.165) is 17.9 Å². The number of nitrogens with one attached hydrogen (secondary N) is 2. The topological polar surface area (TPSA) is 53.6 Å². The maximum Gasteiger partial charge on any atom is 0.393 e. The number of halogens is 5. The number of nitrogens with zero attached hydrogens (tertiary/aromatic N) is 1. The molecule has 2 atom stereocenters. The number of likely N-dealkylation sites (tertiary alicyclic amines) is 1. The number of alkyl halides is 5. The van der Waals surface area contributed by atoms with Crippen LogP contribution in [0.15, 0.2) is 36.4 Å². The Morgan fingerprint density at radius 1 is 1.17 bits per heavy atom. The minimum atomic E-state index is -4.44. The predicted octanol–water partition coefficient (Wildman–Crippen LogP) is 7.26. The number of anilines is 2. The van der Waals surface area contributed by atoms with E-state index in [2.05, 4.69) is 22.5 Å². The first-order valence-electron chi connectivity index (χ1n) is 13.8. The fourth-order valence-electron chi connectivity index (χ4n) is 5.12. The van der Waals surface area contributed by atoms with Gasteiger partial charge in [0.15, 0.2) is 0 Å². The van der Waals surface area contributed by atoms with Crippen LogP contribution in [0.25, 0.3) is 10.1 Å². The highest BCUT2D eigenvalue weighted by Gasteiger charge is 2.32. The smallest absolute Gasteiger partial charge is 0.393 e. The molecular weight excluding hydrogens is 592 g/mol. The van der Waals surface area contributed by atoms with Gasteiger partial charge in [0.05, 0.1) is 40.0 Å². The Balaban J connectivity index is 1.60. The Hall–Kier alpha value is -2.80. The van der Waals surface area contributed by atoms with Gasteiger partial charge in [0.25, 0.3) is 0 Å². The lowest BCUT2D eigenvalue weighted by Crippen LogP contribution is -2.46. The minimum absolute atomic E-state index is 0.0468. The second kappa shape index (κ2) is 13.7. The maximum atomic E-state index is 14.7. The van der Waals surface area contributed by atoms with Gasteiger partial charge in [-0.3, -0.25) is 0 Å². The summed E-state index contributed by atoms with van der Waals surface area (Å²) in [5.41, 5.74) is 1.11. The number of rotatable bonds is 10. The van der Waals surface area contributed by atoms with Gasteiger partial charge in [-0.25, -0.2) is 8.78 Å². The quantitative estimate of drug-likeness (QED) is 0.141. The lowest BCUT2D eigenvalue weighted by atomic mass is 10.0. The van der Waals surface area contributed by atoms with E-state index >= 15 is 0 Å². The Morgan fingerprint density at radius 3 is 2.60 bits per heavy atom. The molecule has 42 heavy (non-hydrogen) atoms. The molecule has 1 fully saturated rings. The van der Waals surface area contributed by atoms with E-state index in [0.29, 0.717) is 52.1 Å². The molecule has 0 saturated carbocycles. The number of hydrogen-bond acceptors (Lipinski definition) is 6. The number of piperidine rings is 1. The van der Waals surface area contributed by atoms with Crippen molar-refractivity contribution >= 4 is 45.2 Å². The Kier molecular flexibility index (Phi) is 10.4. The normalized spacial score (nSPS) is 18.0. The van der Waals surface area contributed by atoms with Gasteiger partial charge in [-0.15, -0.1) is 11.3 Å². The first-order valence-corrected chi connectivity index (χ1v) is 16.7. The van der Waals surface area contributed by atoms with Crippen LogP contribution in [0, 0.1) is 11.8 Å². The molecule has 3 aromatic rings. The number of fused-ring (bicyclic) bond motifs is 1. The van der Waals surface area contributed by atoms with Gasteiger partial charge < -0.3 is 24.8 Å². The van der Waals surface area contributed by atoms with Crippen LogP contribution in [0.1, 0.15) is 30.7 Å². The van der Waals surface area contributed by atoms with Gasteiger partial charge in [-0.1, -0.05) is 37.8 Å². The van der Waals surface area contributed by atoms with Crippen LogP contribution in [0.3, 0.4) is 0 Å².